The summed E-state index contributed by atoms with van der Waals surface area (Å²) in [4.78, 5) is 38.6. The molecule has 5 heterocycles. The third-order valence-electron chi connectivity index (χ3n) is 21.1. The van der Waals surface area contributed by atoms with Gasteiger partial charge < -0.3 is 140 Å². The second kappa shape index (κ2) is 53.3. The first-order chi connectivity index (χ1) is 51.6. The Balaban J connectivity index is 1.17. The number of ether oxygens (including phenoxy) is 10. The Kier molecular flexibility index (Phi) is 47.2. The van der Waals surface area contributed by atoms with Gasteiger partial charge in [-0.25, -0.2) is 0 Å². The van der Waals surface area contributed by atoms with Crippen molar-refractivity contribution in [1.29, 1.82) is 0 Å². The van der Waals surface area contributed by atoms with Crippen molar-refractivity contribution >= 4 is 17.7 Å². The monoisotopic (exact) mass is 1540 g/mol. The van der Waals surface area contributed by atoms with Crippen LogP contribution in [0.5, 0.6) is 0 Å². The van der Waals surface area contributed by atoms with Gasteiger partial charge in [-0.15, -0.1) is 0 Å². The van der Waals surface area contributed by atoms with Crippen LogP contribution in [0.1, 0.15) is 246 Å². The van der Waals surface area contributed by atoms with E-state index in [2.05, 4.69) is 29.8 Å². The first-order valence-electron chi connectivity index (χ1n) is 40.5. The molecule has 0 aromatic carbocycles. The zero-order chi connectivity index (χ0) is 78.2. The lowest BCUT2D eigenvalue weighted by Crippen LogP contribution is -2.71. The summed E-state index contributed by atoms with van der Waals surface area (Å²) in [5.74, 6) is -1.87. The number of unbranched alkanes of at least 4 members (excludes halogenated alkanes) is 31. The molecule has 0 aromatic rings. The number of aliphatic hydroxyl groups excluding tert-OH is 15. The summed E-state index contributed by atoms with van der Waals surface area (Å²) < 4.78 is 59.1. The van der Waals surface area contributed by atoms with Crippen LogP contribution in [-0.2, 0) is 61.8 Å². The van der Waals surface area contributed by atoms with E-state index in [-0.39, 0.29) is 12.3 Å². The summed E-state index contributed by atoms with van der Waals surface area (Å²) >= 11 is 0. The molecule has 0 aromatic heterocycles. The smallest absolute Gasteiger partial charge is 0.220 e. The van der Waals surface area contributed by atoms with Crippen LogP contribution in [0, 0.1) is 0 Å². The quantitative estimate of drug-likeness (QED) is 0.0306. The lowest BCUT2D eigenvalue weighted by molar-refractivity contribution is -0.388. The van der Waals surface area contributed by atoms with Crippen LogP contribution in [0.4, 0.5) is 0 Å². The Morgan fingerprint density at radius 3 is 1.14 bits per heavy atom. The summed E-state index contributed by atoms with van der Waals surface area (Å²) in [5, 5.41) is 174. The van der Waals surface area contributed by atoms with Gasteiger partial charge in [0.2, 0.25) is 17.7 Å². The van der Waals surface area contributed by atoms with E-state index in [0.29, 0.717) is 12.8 Å². The molecule has 0 bridgehead atoms. The van der Waals surface area contributed by atoms with Crippen molar-refractivity contribution in [3.05, 3.63) is 12.2 Å². The van der Waals surface area contributed by atoms with Crippen LogP contribution in [0.25, 0.3) is 0 Å². The number of rotatable bonds is 55. The fourth-order valence-corrected chi connectivity index (χ4v) is 14.7. The molecule has 107 heavy (non-hydrogen) atoms. The normalized spacial score (nSPS) is 34.0. The first-order valence-corrected chi connectivity index (χ1v) is 40.5. The van der Waals surface area contributed by atoms with Crippen molar-refractivity contribution in [3.63, 3.8) is 0 Å². The number of carbonyl (C=O) groups excluding carboxylic acids is 3. The maximum absolute atomic E-state index is 13.5. The Morgan fingerprint density at radius 1 is 0.364 bits per heavy atom. The van der Waals surface area contributed by atoms with Crippen LogP contribution in [0.15, 0.2) is 12.2 Å². The molecule has 5 aliphatic heterocycles. The van der Waals surface area contributed by atoms with E-state index < -0.39 is 217 Å². The van der Waals surface area contributed by atoms with Crippen molar-refractivity contribution in [2.24, 2.45) is 0 Å². The fraction of sp³-hybridized carbons (Fsp3) is 0.934. The Labute approximate surface area is 633 Å². The molecule has 31 heteroatoms. The second-order valence-electron chi connectivity index (χ2n) is 30.0. The maximum Gasteiger partial charge on any atom is 0.220 e. The van der Waals surface area contributed by atoms with Gasteiger partial charge in [0.1, 0.15) is 122 Å². The molecular weight excluding hydrogens is 1400 g/mol. The van der Waals surface area contributed by atoms with E-state index in [9.17, 15) is 91.0 Å². The zero-order valence-electron chi connectivity index (χ0n) is 64.0. The van der Waals surface area contributed by atoms with Crippen LogP contribution in [0.3, 0.4) is 0 Å². The molecule has 27 atom stereocenters. The van der Waals surface area contributed by atoms with Crippen molar-refractivity contribution in [3.8, 4) is 0 Å². The van der Waals surface area contributed by atoms with Crippen molar-refractivity contribution in [2.45, 2.75) is 412 Å². The number of carbonyl (C=O) groups is 3. The number of aliphatic hydroxyl groups is 15. The average molecular weight is 1540 g/mol. The summed E-state index contributed by atoms with van der Waals surface area (Å²) in [6, 6.07) is -4.33. The molecule has 5 aliphatic rings. The minimum atomic E-state index is -2.20. The third kappa shape index (κ3) is 31.8. The Bertz CT molecular complexity index is 2380. The van der Waals surface area contributed by atoms with Gasteiger partial charge in [0, 0.05) is 20.3 Å². The SMILES string of the molecule is CCCCCCCCCCCCC/C=C/[C@@H](O)[C@H](CO[C@@H]1OC(CO)[C@@H](O[C@@H]2OC(CO)[C@H](O[C@@H]3OC(CO)[C@H](O)[C@H](O[C@@H]4OC(CO)[C@H](O)[C@H](O[C@H]5OC(CO)[C@H](O)[C@H](O)C5NC(C)=O)C4NC(C)=O)C3O)[C@H](O)C2O)[C@H](O)C1O)NC(=O)CCCCCCCCCCCCCCCCCCCCCCC. The summed E-state index contributed by atoms with van der Waals surface area (Å²) in [5.41, 5.74) is 0. The predicted molar refractivity (Wildman–Crippen MR) is 389 cm³/mol. The predicted octanol–water partition coefficient (Wildman–Crippen LogP) is 2.09. The Hall–Kier alpha value is -2.85. The second-order valence-corrected chi connectivity index (χ2v) is 30.0. The molecule has 18 N–H and O–H groups in total. The van der Waals surface area contributed by atoms with Crippen LogP contribution < -0.4 is 16.0 Å². The molecule has 0 saturated carbocycles. The van der Waals surface area contributed by atoms with Crippen molar-refractivity contribution < 1.29 is 138 Å². The van der Waals surface area contributed by atoms with Gasteiger partial charge >= 0.3 is 0 Å². The van der Waals surface area contributed by atoms with Gasteiger partial charge in [0.05, 0.1) is 51.8 Å². The summed E-state index contributed by atoms with van der Waals surface area (Å²) in [6.45, 7) is 1.42. The summed E-state index contributed by atoms with van der Waals surface area (Å²) in [7, 11) is 0. The van der Waals surface area contributed by atoms with E-state index in [1.807, 2.05) is 6.08 Å². The first kappa shape index (κ1) is 94.7. The largest absolute Gasteiger partial charge is 0.394 e. The molecule has 0 spiro atoms. The molecular formula is C76H139N3O28. The molecule has 0 aliphatic carbocycles. The van der Waals surface area contributed by atoms with Gasteiger partial charge in [0.15, 0.2) is 31.5 Å². The molecule has 0 radical (unpaired) electrons. The molecule has 3 amide bonds. The highest BCUT2D eigenvalue weighted by atomic mass is 16.8. The van der Waals surface area contributed by atoms with Crippen LogP contribution >= 0.6 is 0 Å². The highest BCUT2D eigenvalue weighted by molar-refractivity contribution is 5.76. The number of allylic oxidation sites excluding steroid dienone is 1. The zero-order valence-corrected chi connectivity index (χ0v) is 64.0. The minimum absolute atomic E-state index is 0.196. The molecule has 5 fully saturated rings. The number of amides is 3. The van der Waals surface area contributed by atoms with E-state index in [4.69, 9.17) is 47.4 Å². The number of hydrogen-bond acceptors (Lipinski definition) is 28. The lowest BCUT2D eigenvalue weighted by atomic mass is 9.93. The number of nitrogens with one attached hydrogen (secondary N) is 3. The lowest BCUT2D eigenvalue weighted by Gasteiger charge is -2.50. The third-order valence-corrected chi connectivity index (χ3v) is 21.1. The van der Waals surface area contributed by atoms with Gasteiger partial charge in [0.25, 0.3) is 0 Å². The minimum Gasteiger partial charge on any atom is -0.394 e. The highest BCUT2D eigenvalue weighted by Crippen LogP contribution is 2.37. The molecule has 5 rings (SSSR count). The summed E-state index contributed by atoms with van der Waals surface area (Å²) in [6.07, 6.45) is -0.900. The topological polar surface area (TPSA) is 483 Å². The van der Waals surface area contributed by atoms with Crippen molar-refractivity contribution in [1.82, 2.24) is 16.0 Å². The number of hydrogen-bond donors (Lipinski definition) is 18. The van der Waals surface area contributed by atoms with E-state index >= 15 is 0 Å². The molecule has 10 unspecified atom stereocenters. The maximum atomic E-state index is 13.5. The van der Waals surface area contributed by atoms with Gasteiger partial charge in [-0.3, -0.25) is 14.4 Å². The molecule has 5 saturated heterocycles. The molecule has 31 nitrogen and oxygen atoms in total. The standard InChI is InChI=1S/C76H139N3O28/c1-5-7-9-11-13-15-17-19-20-21-22-23-24-25-26-28-30-32-34-36-38-40-56(88)79-49(50(87)39-37-35-33-31-29-27-18-16-14-12-10-8-6-2)46-98-74-65(95)63(93)68(54(44-83)102-74)104-75-66(96)64(94)69(55(45-84)103-75)105-76-67(97)71(61(91)53(43-82)101-76)107-73-58(78-48(4)86)70(60(90)52(42-81)100-73)106-72-57(77-47(3)85)62(92)59(89)51(41-80)99-72/h37,39,49-55,57-76,80-84,87,89-97H,5-36,38,40-46H2,1-4H3,(H,77,85)(H,78,86)(H,79,88)/b39-37+/t49-,50+,51?,52?,53?,54?,55?,57?,58?,59-,60-,61-,62+,63+,64+,65?,66?,67?,68+,69-,70+,71-,72+,73-,74+,75-,76-/m0/s1. The van der Waals surface area contributed by atoms with E-state index in [1.165, 1.54) is 154 Å². The van der Waals surface area contributed by atoms with E-state index in [1.54, 1.807) is 6.08 Å². The van der Waals surface area contributed by atoms with E-state index in [0.717, 1.165) is 58.8 Å². The van der Waals surface area contributed by atoms with Gasteiger partial charge in [-0.2, -0.15) is 0 Å². The highest BCUT2D eigenvalue weighted by Gasteiger charge is 2.57. The fourth-order valence-electron chi connectivity index (χ4n) is 14.7. The average Bonchev–Trinajstić information content (AvgIpc) is 0.771. The Morgan fingerprint density at radius 2 is 0.701 bits per heavy atom. The molecule has 626 valence electrons. The van der Waals surface area contributed by atoms with Gasteiger partial charge in [-0.1, -0.05) is 219 Å². The van der Waals surface area contributed by atoms with Crippen LogP contribution in [0.2, 0.25) is 0 Å². The van der Waals surface area contributed by atoms with Gasteiger partial charge in [-0.05, 0) is 19.3 Å². The van der Waals surface area contributed by atoms with Crippen molar-refractivity contribution in [2.75, 3.05) is 39.6 Å². The van der Waals surface area contributed by atoms with Crippen LogP contribution in [-0.4, -0.2) is 300 Å².